The fourth-order valence-electron chi connectivity index (χ4n) is 2.43. The first kappa shape index (κ1) is 17.9. The maximum Gasteiger partial charge on any atom is 0.191 e. The minimum atomic E-state index is -0.158. The molecule has 4 nitrogen and oxygen atoms in total. The fourth-order valence-corrected chi connectivity index (χ4v) is 2.43. The van der Waals surface area contributed by atoms with E-state index < -0.39 is 0 Å². The Balaban J connectivity index is 1.84. The highest BCUT2D eigenvalue weighted by Crippen LogP contribution is 2.07. The van der Waals surface area contributed by atoms with E-state index in [1.54, 1.807) is 6.07 Å². The van der Waals surface area contributed by atoms with Crippen LogP contribution in [0.4, 0.5) is 4.39 Å². The molecule has 128 valence electrons. The molecule has 0 atom stereocenters. The topological polar surface area (TPSA) is 49.3 Å². The molecule has 0 spiro atoms. The number of halogens is 1. The molecular weight excluding hydrogens is 303 g/mol. The zero-order valence-electron chi connectivity index (χ0n) is 14.3. The third-order valence-corrected chi connectivity index (χ3v) is 3.78. The van der Waals surface area contributed by atoms with E-state index in [0.717, 1.165) is 18.9 Å². The van der Waals surface area contributed by atoms with Gasteiger partial charge in [-0.2, -0.15) is 0 Å². The molecule has 0 amide bonds. The van der Waals surface area contributed by atoms with E-state index in [1.165, 1.54) is 17.2 Å². The molecule has 0 aliphatic rings. The van der Waals surface area contributed by atoms with Crippen LogP contribution in [0.1, 0.15) is 23.6 Å². The van der Waals surface area contributed by atoms with Gasteiger partial charge in [0.15, 0.2) is 5.96 Å². The van der Waals surface area contributed by atoms with Crippen LogP contribution in [0.5, 0.6) is 0 Å². The van der Waals surface area contributed by atoms with Crippen molar-refractivity contribution in [2.75, 3.05) is 19.6 Å². The molecule has 0 saturated carbocycles. The Hall–Kier alpha value is -2.43. The number of aryl methyl sites for hydroxylation is 1. The molecule has 0 fully saturated rings. The largest absolute Gasteiger partial charge is 0.357 e. The number of rotatable bonds is 7. The van der Waals surface area contributed by atoms with Gasteiger partial charge in [-0.1, -0.05) is 18.2 Å². The van der Waals surface area contributed by atoms with Crippen LogP contribution >= 0.6 is 0 Å². The Morgan fingerprint density at radius 1 is 1.12 bits per heavy atom. The van der Waals surface area contributed by atoms with Crippen molar-refractivity contribution in [1.29, 1.82) is 0 Å². The average Bonchev–Trinajstić information content (AvgIpc) is 2.58. The first-order valence-electron chi connectivity index (χ1n) is 8.35. The smallest absolute Gasteiger partial charge is 0.191 e. The number of hydrogen-bond acceptors (Lipinski definition) is 2. The molecule has 24 heavy (non-hydrogen) atoms. The fraction of sp³-hybridized carbons (Fsp3) is 0.368. The second kappa shape index (κ2) is 9.65. The maximum atomic E-state index is 13.6. The number of nitrogens with zero attached hydrogens (tertiary/aromatic N) is 2. The van der Waals surface area contributed by atoms with Gasteiger partial charge in [-0.3, -0.25) is 9.98 Å². The number of nitrogens with one attached hydrogen (secondary N) is 2. The van der Waals surface area contributed by atoms with Crippen LogP contribution in [0.2, 0.25) is 0 Å². The summed E-state index contributed by atoms with van der Waals surface area (Å²) < 4.78 is 13.6. The Morgan fingerprint density at radius 3 is 2.71 bits per heavy atom. The maximum absolute atomic E-state index is 13.6. The van der Waals surface area contributed by atoms with Crippen LogP contribution in [0.3, 0.4) is 0 Å². The number of benzene rings is 1. The van der Waals surface area contributed by atoms with Gasteiger partial charge in [-0.25, -0.2) is 4.39 Å². The van der Waals surface area contributed by atoms with Crippen LogP contribution in [0.15, 0.2) is 47.7 Å². The van der Waals surface area contributed by atoms with Gasteiger partial charge in [0.1, 0.15) is 5.82 Å². The van der Waals surface area contributed by atoms with Crippen molar-refractivity contribution in [2.45, 2.75) is 26.7 Å². The highest BCUT2D eigenvalue weighted by Gasteiger charge is 2.02. The van der Waals surface area contributed by atoms with E-state index in [2.05, 4.69) is 27.5 Å². The lowest BCUT2D eigenvalue weighted by molar-refractivity contribution is 0.606. The quantitative estimate of drug-likeness (QED) is 0.607. The molecule has 1 aromatic carbocycles. The normalized spacial score (nSPS) is 11.4. The number of aliphatic imine (C=N–C) groups is 1. The number of guanidine groups is 1. The minimum absolute atomic E-state index is 0.158. The summed E-state index contributed by atoms with van der Waals surface area (Å²) in [5.41, 5.74) is 3.16. The molecule has 2 rings (SSSR count). The Morgan fingerprint density at radius 2 is 1.96 bits per heavy atom. The van der Waals surface area contributed by atoms with E-state index in [1.807, 2.05) is 37.5 Å². The summed E-state index contributed by atoms with van der Waals surface area (Å²) >= 11 is 0. The van der Waals surface area contributed by atoms with Gasteiger partial charge in [-0.05, 0) is 55.5 Å². The third-order valence-electron chi connectivity index (χ3n) is 3.78. The predicted molar refractivity (Wildman–Crippen MR) is 96.8 cm³/mol. The van der Waals surface area contributed by atoms with Gasteiger partial charge in [0, 0.05) is 32.0 Å². The Bertz CT molecular complexity index is 670. The van der Waals surface area contributed by atoms with Gasteiger partial charge in [0.25, 0.3) is 0 Å². The van der Waals surface area contributed by atoms with Gasteiger partial charge in [0.2, 0.25) is 0 Å². The average molecular weight is 328 g/mol. The van der Waals surface area contributed by atoms with Crippen molar-refractivity contribution in [3.63, 3.8) is 0 Å². The van der Waals surface area contributed by atoms with Crippen LogP contribution < -0.4 is 10.6 Å². The van der Waals surface area contributed by atoms with Crippen molar-refractivity contribution < 1.29 is 4.39 Å². The Labute approximate surface area is 143 Å². The summed E-state index contributed by atoms with van der Waals surface area (Å²) in [5, 5.41) is 6.47. The lowest BCUT2D eigenvalue weighted by atomic mass is 10.1. The van der Waals surface area contributed by atoms with Crippen molar-refractivity contribution in [2.24, 2.45) is 4.99 Å². The highest BCUT2D eigenvalue weighted by molar-refractivity contribution is 5.79. The van der Waals surface area contributed by atoms with Crippen molar-refractivity contribution in [3.05, 3.63) is 65.2 Å². The lowest BCUT2D eigenvalue weighted by Crippen LogP contribution is -2.38. The summed E-state index contributed by atoms with van der Waals surface area (Å²) in [6.45, 7) is 6.21. The molecule has 1 heterocycles. The van der Waals surface area contributed by atoms with Crippen LogP contribution in [-0.2, 0) is 12.8 Å². The predicted octanol–water partition coefficient (Wildman–Crippen LogP) is 2.87. The van der Waals surface area contributed by atoms with E-state index in [0.29, 0.717) is 25.1 Å². The third kappa shape index (κ3) is 5.65. The standard InChI is InChI=1S/C19H25FN4/c1-3-22-19(23-12-9-16-8-11-21-14-15(16)2)24-13-10-17-6-4-5-7-18(17)20/h4-8,11,14H,3,9-10,12-13H2,1-2H3,(H2,22,23,24). The minimum Gasteiger partial charge on any atom is -0.357 e. The van der Waals surface area contributed by atoms with Gasteiger partial charge in [-0.15, -0.1) is 0 Å². The van der Waals surface area contributed by atoms with Crippen LogP contribution in [0, 0.1) is 12.7 Å². The first-order chi connectivity index (χ1) is 11.7. The zero-order valence-corrected chi connectivity index (χ0v) is 14.3. The van der Waals surface area contributed by atoms with Crippen molar-refractivity contribution in [3.8, 4) is 0 Å². The molecule has 0 radical (unpaired) electrons. The molecule has 0 bridgehead atoms. The summed E-state index contributed by atoms with van der Waals surface area (Å²) in [6.07, 6.45) is 5.18. The zero-order chi connectivity index (χ0) is 17.2. The number of pyridine rings is 1. The van der Waals surface area contributed by atoms with E-state index >= 15 is 0 Å². The second-order valence-corrected chi connectivity index (χ2v) is 5.58. The summed E-state index contributed by atoms with van der Waals surface area (Å²) in [6, 6.07) is 8.90. The molecule has 0 aliphatic carbocycles. The lowest BCUT2D eigenvalue weighted by Gasteiger charge is -2.12. The molecule has 2 N–H and O–H groups in total. The van der Waals surface area contributed by atoms with Crippen molar-refractivity contribution >= 4 is 5.96 Å². The summed E-state index contributed by atoms with van der Waals surface area (Å²) in [7, 11) is 0. The summed E-state index contributed by atoms with van der Waals surface area (Å²) in [4.78, 5) is 8.69. The van der Waals surface area contributed by atoms with Gasteiger partial charge >= 0.3 is 0 Å². The van der Waals surface area contributed by atoms with E-state index in [4.69, 9.17) is 0 Å². The number of aromatic nitrogens is 1. The molecule has 5 heteroatoms. The molecule has 0 saturated heterocycles. The highest BCUT2D eigenvalue weighted by atomic mass is 19.1. The van der Waals surface area contributed by atoms with Gasteiger partial charge in [0.05, 0.1) is 0 Å². The first-order valence-corrected chi connectivity index (χ1v) is 8.35. The molecule has 0 unspecified atom stereocenters. The van der Waals surface area contributed by atoms with Gasteiger partial charge < -0.3 is 10.6 Å². The molecule has 2 aromatic rings. The van der Waals surface area contributed by atoms with Crippen molar-refractivity contribution in [1.82, 2.24) is 15.6 Å². The number of hydrogen-bond donors (Lipinski definition) is 2. The van der Waals surface area contributed by atoms with Crippen LogP contribution in [-0.4, -0.2) is 30.6 Å². The SMILES string of the molecule is CCNC(=NCCc1ccncc1C)NCCc1ccccc1F. The second-order valence-electron chi connectivity index (χ2n) is 5.58. The van der Waals surface area contributed by atoms with E-state index in [9.17, 15) is 4.39 Å². The molecular formula is C19H25FN4. The summed E-state index contributed by atoms with van der Waals surface area (Å²) in [5.74, 6) is 0.606. The molecule has 1 aromatic heterocycles. The van der Waals surface area contributed by atoms with Crippen LogP contribution in [0.25, 0.3) is 0 Å². The van der Waals surface area contributed by atoms with E-state index in [-0.39, 0.29) is 5.82 Å². The Kier molecular flexibility index (Phi) is 7.21. The molecule has 0 aliphatic heterocycles. The monoisotopic (exact) mass is 328 g/mol.